The van der Waals surface area contributed by atoms with Gasteiger partial charge in [0.2, 0.25) is 5.91 Å². The van der Waals surface area contributed by atoms with Gasteiger partial charge in [0, 0.05) is 18.2 Å². The molecule has 40 heavy (non-hydrogen) atoms. The van der Waals surface area contributed by atoms with Crippen molar-refractivity contribution < 1.29 is 27.9 Å². The molecule has 0 aliphatic carbocycles. The van der Waals surface area contributed by atoms with E-state index in [-0.39, 0.29) is 35.9 Å². The molecule has 2 heterocycles. The first kappa shape index (κ1) is 27.0. The van der Waals surface area contributed by atoms with Crippen LogP contribution in [0, 0.1) is 11.7 Å². The highest BCUT2D eigenvalue weighted by Crippen LogP contribution is 2.38. The number of carbonyl (C=O) groups excluding carboxylic acids is 2. The van der Waals surface area contributed by atoms with Crippen molar-refractivity contribution in [2.45, 2.75) is 32.9 Å². The molecule has 1 aliphatic heterocycles. The molecule has 4 aromatic rings. The van der Waals surface area contributed by atoms with Crippen LogP contribution in [0.5, 0.6) is 11.5 Å². The van der Waals surface area contributed by atoms with Crippen LogP contribution < -0.4 is 14.8 Å². The Kier molecular flexibility index (Phi) is 7.86. The number of nitrogens with zero attached hydrogens (tertiary/aromatic N) is 1. The van der Waals surface area contributed by atoms with E-state index in [4.69, 9.17) is 13.9 Å². The number of nitrogens with one attached hydrogen (secondary N) is 1. The maximum Gasteiger partial charge on any atom is 0.291 e. The van der Waals surface area contributed by atoms with Crippen molar-refractivity contribution in [3.63, 3.8) is 0 Å². The van der Waals surface area contributed by atoms with Gasteiger partial charge < -0.3 is 24.1 Å². The third-order valence-electron chi connectivity index (χ3n) is 6.90. The van der Waals surface area contributed by atoms with Crippen LogP contribution in [-0.4, -0.2) is 30.4 Å². The molecule has 0 saturated carbocycles. The lowest BCUT2D eigenvalue weighted by molar-refractivity contribution is -0.136. The molecule has 1 aliphatic rings. The molecular weight excluding hydrogens is 511 g/mol. The van der Waals surface area contributed by atoms with Gasteiger partial charge in [-0.3, -0.25) is 9.59 Å². The van der Waals surface area contributed by atoms with Gasteiger partial charge in [-0.15, -0.1) is 0 Å². The quantitative estimate of drug-likeness (QED) is 0.279. The van der Waals surface area contributed by atoms with Gasteiger partial charge in [-0.2, -0.15) is 0 Å². The minimum Gasteiger partial charge on any atom is -0.497 e. The molecule has 3 aromatic carbocycles. The minimum atomic E-state index is -0.422. The highest BCUT2D eigenvalue weighted by Gasteiger charge is 2.33. The fraction of sp³-hybridized carbons (Fsp3) is 0.250. The summed E-state index contributed by atoms with van der Waals surface area (Å²) in [5, 5.41) is 2.79. The number of furan rings is 1. The van der Waals surface area contributed by atoms with Crippen molar-refractivity contribution in [3.8, 4) is 11.5 Å². The van der Waals surface area contributed by atoms with Gasteiger partial charge in [0.25, 0.3) is 5.91 Å². The van der Waals surface area contributed by atoms with Gasteiger partial charge in [-0.25, -0.2) is 4.39 Å². The van der Waals surface area contributed by atoms with Crippen molar-refractivity contribution in [3.05, 3.63) is 113 Å². The number of ether oxygens (including phenoxy) is 2. The first-order valence-corrected chi connectivity index (χ1v) is 13.2. The normalized spacial score (nSPS) is 14.5. The first-order valence-electron chi connectivity index (χ1n) is 13.2. The Hall–Kier alpha value is -4.59. The molecule has 206 valence electrons. The lowest BCUT2D eigenvalue weighted by atomic mass is 9.87. The minimum absolute atomic E-state index is 0.0160. The van der Waals surface area contributed by atoms with Crippen LogP contribution in [0.3, 0.4) is 0 Å². The number of amides is 2. The molecule has 1 unspecified atom stereocenters. The van der Waals surface area contributed by atoms with Gasteiger partial charge in [0.05, 0.1) is 13.2 Å². The van der Waals surface area contributed by atoms with Gasteiger partial charge >= 0.3 is 0 Å². The third kappa shape index (κ3) is 5.86. The fourth-order valence-electron chi connectivity index (χ4n) is 4.89. The number of anilines is 1. The number of halogens is 1. The van der Waals surface area contributed by atoms with Crippen LogP contribution in [0.25, 0.3) is 0 Å². The maximum atomic E-state index is 14.2. The number of carbonyl (C=O) groups is 2. The number of hydrogen-bond donors (Lipinski definition) is 1. The zero-order valence-corrected chi connectivity index (χ0v) is 22.6. The Morgan fingerprint density at radius 3 is 2.52 bits per heavy atom. The standard InChI is InChI=1S/C32H31FN2O5/c1-20(2)32(37)35-16-15-21-7-10-26(18-28(21)30(35)22-5-4-6-23(33)17-22)39-19-27-13-14-29(40-27)31(36)34-24-8-11-25(38-3)12-9-24/h4-14,17-18,20,30H,15-16,19H2,1-3H3,(H,34,36). The Bertz CT molecular complexity index is 1510. The van der Waals surface area contributed by atoms with E-state index in [9.17, 15) is 14.0 Å². The van der Waals surface area contributed by atoms with E-state index in [0.29, 0.717) is 41.5 Å². The Balaban J connectivity index is 1.32. The van der Waals surface area contributed by atoms with Crippen LogP contribution in [0.1, 0.15) is 52.9 Å². The van der Waals surface area contributed by atoms with Crippen LogP contribution in [0.15, 0.2) is 83.3 Å². The van der Waals surface area contributed by atoms with Gasteiger partial charge in [0.15, 0.2) is 5.76 Å². The largest absolute Gasteiger partial charge is 0.497 e. The van der Waals surface area contributed by atoms with Crippen molar-refractivity contribution in [1.82, 2.24) is 4.90 Å². The molecule has 0 radical (unpaired) electrons. The maximum absolute atomic E-state index is 14.2. The number of rotatable bonds is 8. The monoisotopic (exact) mass is 542 g/mol. The van der Waals surface area contributed by atoms with Crippen LogP contribution in [-0.2, 0) is 17.8 Å². The number of fused-ring (bicyclic) bond motifs is 1. The van der Waals surface area contributed by atoms with E-state index >= 15 is 0 Å². The predicted molar refractivity (Wildman–Crippen MR) is 149 cm³/mol. The highest BCUT2D eigenvalue weighted by atomic mass is 19.1. The van der Waals surface area contributed by atoms with E-state index in [1.54, 1.807) is 49.6 Å². The number of methoxy groups -OCH3 is 1. The van der Waals surface area contributed by atoms with Crippen LogP contribution in [0.4, 0.5) is 10.1 Å². The molecule has 0 bridgehead atoms. The van der Waals surface area contributed by atoms with Crippen molar-refractivity contribution >= 4 is 17.5 Å². The Morgan fingerprint density at radius 1 is 1.02 bits per heavy atom. The lowest BCUT2D eigenvalue weighted by Crippen LogP contribution is -2.42. The third-order valence-corrected chi connectivity index (χ3v) is 6.90. The molecule has 7 nitrogen and oxygen atoms in total. The smallest absolute Gasteiger partial charge is 0.291 e. The average molecular weight is 543 g/mol. The molecule has 1 N–H and O–H groups in total. The molecular formula is C32H31FN2O5. The summed E-state index contributed by atoms with van der Waals surface area (Å²) in [5.74, 6) is 1.02. The first-order chi connectivity index (χ1) is 19.3. The topological polar surface area (TPSA) is 81.0 Å². The summed E-state index contributed by atoms with van der Waals surface area (Å²) < 4.78 is 31.1. The summed E-state index contributed by atoms with van der Waals surface area (Å²) >= 11 is 0. The van der Waals surface area contributed by atoms with E-state index in [1.165, 1.54) is 12.1 Å². The van der Waals surface area contributed by atoms with E-state index in [2.05, 4.69) is 5.32 Å². The zero-order valence-electron chi connectivity index (χ0n) is 22.6. The summed E-state index contributed by atoms with van der Waals surface area (Å²) in [7, 11) is 1.58. The molecule has 1 atom stereocenters. The van der Waals surface area contributed by atoms with E-state index in [1.807, 2.05) is 43.0 Å². The molecule has 2 amide bonds. The second-order valence-corrected chi connectivity index (χ2v) is 9.99. The van der Waals surface area contributed by atoms with E-state index in [0.717, 1.165) is 11.1 Å². The van der Waals surface area contributed by atoms with Gasteiger partial charge in [0.1, 0.15) is 29.7 Å². The SMILES string of the molecule is COc1ccc(NC(=O)c2ccc(COc3ccc4c(c3)C(c3cccc(F)c3)N(C(=O)C(C)C)CC4)o2)cc1. The zero-order chi connectivity index (χ0) is 28.2. The molecule has 0 spiro atoms. The molecule has 0 saturated heterocycles. The van der Waals surface area contributed by atoms with Gasteiger partial charge in [-0.05, 0) is 83.8 Å². The predicted octanol–water partition coefficient (Wildman–Crippen LogP) is 6.39. The lowest BCUT2D eigenvalue weighted by Gasteiger charge is -2.39. The van der Waals surface area contributed by atoms with Crippen molar-refractivity contribution in [2.24, 2.45) is 5.92 Å². The van der Waals surface area contributed by atoms with Crippen molar-refractivity contribution in [2.75, 3.05) is 19.0 Å². The van der Waals surface area contributed by atoms with Gasteiger partial charge in [-0.1, -0.05) is 32.0 Å². The van der Waals surface area contributed by atoms with E-state index < -0.39 is 6.04 Å². The summed E-state index contributed by atoms with van der Waals surface area (Å²) in [4.78, 5) is 27.6. The van der Waals surface area contributed by atoms with Crippen LogP contribution in [0.2, 0.25) is 0 Å². The number of hydrogen-bond acceptors (Lipinski definition) is 5. The Labute approximate surface area is 232 Å². The number of benzene rings is 3. The Morgan fingerprint density at radius 2 is 1.80 bits per heavy atom. The highest BCUT2D eigenvalue weighted by molar-refractivity contribution is 6.02. The summed E-state index contributed by atoms with van der Waals surface area (Å²) in [6, 6.07) is 22.0. The molecule has 1 aromatic heterocycles. The molecule has 5 rings (SSSR count). The van der Waals surface area contributed by atoms with Crippen molar-refractivity contribution in [1.29, 1.82) is 0 Å². The molecule has 0 fully saturated rings. The summed E-state index contributed by atoms with van der Waals surface area (Å²) in [5.41, 5.74) is 3.32. The molecule has 8 heteroatoms. The second kappa shape index (κ2) is 11.7. The van der Waals surface area contributed by atoms with Crippen LogP contribution >= 0.6 is 0 Å². The summed E-state index contributed by atoms with van der Waals surface area (Å²) in [6.07, 6.45) is 0.699. The fourth-order valence-corrected chi connectivity index (χ4v) is 4.89. The average Bonchev–Trinajstić information content (AvgIpc) is 3.44. The second-order valence-electron chi connectivity index (χ2n) is 9.99. The summed E-state index contributed by atoms with van der Waals surface area (Å²) in [6.45, 7) is 4.40.